The third-order valence-electron chi connectivity index (χ3n) is 6.80. The lowest BCUT2D eigenvalue weighted by atomic mass is 9.97. The summed E-state index contributed by atoms with van der Waals surface area (Å²) in [4.78, 5) is 5.75. The monoisotopic (exact) mass is 524 g/mol. The van der Waals surface area contributed by atoms with Gasteiger partial charge in [-0.25, -0.2) is 0 Å². The second kappa shape index (κ2) is 13.6. The number of ether oxygens (including phenoxy) is 6. The van der Waals surface area contributed by atoms with Crippen molar-refractivity contribution in [2.45, 2.75) is 119 Å². The summed E-state index contributed by atoms with van der Waals surface area (Å²) in [6.07, 6.45) is -2.40. The zero-order valence-electron chi connectivity index (χ0n) is 21.8. The van der Waals surface area contributed by atoms with Crippen molar-refractivity contribution in [2.24, 2.45) is 0 Å². The van der Waals surface area contributed by atoms with Crippen LogP contribution >= 0.6 is 11.8 Å². The van der Waals surface area contributed by atoms with Gasteiger partial charge in [0, 0.05) is 33.1 Å². The number of rotatable bonds is 10. The minimum atomic E-state index is -1.02. The molecule has 0 saturated carbocycles. The molecule has 11 nitrogen and oxygen atoms in total. The molecular formula is C23H44N2O9S. The topological polar surface area (TPSA) is 129 Å². The van der Waals surface area contributed by atoms with E-state index >= 15 is 0 Å². The van der Waals surface area contributed by atoms with Gasteiger partial charge in [0.25, 0.3) is 0 Å². The Morgan fingerprint density at radius 2 is 1.74 bits per heavy atom. The summed E-state index contributed by atoms with van der Waals surface area (Å²) in [5.74, 6) is 0. The van der Waals surface area contributed by atoms with Gasteiger partial charge < -0.3 is 44.0 Å². The molecule has 0 unspecified atom stereocenters. The molecule has 35 heavy (non-hydrogen) atoms. The molecule has 3 aliphatic rings. The van der Waals surface area contributed by atoms with Crippen LogP contribution < -0.4 is 10.8 Å². The van der Waals surface area contributed by atoms with Crippen LogP contribution in [0.2, 0.25) is 0 Å². The van der Waals surface area contributed by atoms with Gasteiger partial charge >= 0.3 is 0 Å². The van der Waals surface area contributed by atoms with E-state index in [9.17, 15) is 10.2 Å². The smallest absolute Gasteiger partial charge is 0.186 e. The van der Waals surface area contributed by atoms with Crippen LogP contribution in [-0.2, 0) is 33.3 Å². The zero-order chi connectivity index (χ0) is 25.7. The summed E-state index contributed by atoms with van der Waals surface area (Å²) in [6, 6.07) is -0.285. The maximum Gasteiger partial charge on any atom is 0.186 e. The molecule has 206 valence electrons. The lowest BCUT2D eigenvalue weighted by molar-refractivity contribution is -0.330. The summed E-state index contributed by atoms with van der Waals surface area (Å²) in [7, 11) is 3.18. The summed E-state index contributed by atoms with van der Waals surface area (Å²) >= 11 is 1.57. The van der Waals surface area contributed by atoms with E-state index in [0.29, 0.717) is 25.5 Å². The number of hydrogen-bond acceptors (Lipinski definition) is 12. The zero-order valence-corrected chi connectivity index (χ0v) is 22.6. The number of nitrogens with one attached hydrogen (secondary N) is 2. The maximum atomic E-state index is 11.2. The van der Waals surface area contributed by atoms with Gasteiger partial charge in [-0.15, -0.1) is 0 Å². The molecule has 4 N–H and O–H groups in total. The molecule has 0 aromatic rings. The van der Waals surface area contributed by atoms with Crippen LogP contribution in [0.3, 0.4) is 0 Å². The molecule has 0 radical (unpaired) electrons. The molecule has 0 amide bonds. The number of methoxy groups -OCH3 is 2. The van der Waals surface area contributed by atoms with Gasteiger partial charge in [0.05, 0.1) is 48.4 Å². The van der Waals surface area contributed by atoms with Crippen molar-refractivity contribution in [1.29, 1.82) is 0 Å². The fourth-order valence-electron chi connectivity index (χ4n) is 4.97. The first-order valence-corrected chi connectivity index (χ1v) is 13.7. The third-order valence-corrected chi connectivity index (χ3v) is 8.05. The van der Waals surface area contributed by atoms with Crippen molar-refractivity contribution >= 4 is 11.8 Å². The van der Waals surface area contributed by atoms with E-state index in [4.69, 9.17) is 33.3 Å². The number of aliphatic hydroxyl groups is 2. The predicted molar refractivity (Wildman–Crippen MR) is 130 cm³/mol. The summed E-state index contributed by atoms with van der Waals surface area (Å²) in [6.45, 7) is 8.29. The fourth-order valence-corrected chi connectivity index (χ4v) is 5.84. The molecule has 3 saturated heterocycles. The van der Waals surface area contributed by atoms with Gasteiger partial charge in [-0.05, 0) is 20.1 Å². The minimum Gasteiger partial charge on any atom is -0.392 e. The molecule has 12 heteroatoms. The molecule has 3 heterocycles. The van der Waals surface area contributed by atoms with Crippen LogP contribution in [0.15, 0.2) is 0 Å². The normalized spacial score (nSPS) is 45.1. The van der Waals surface area contributed by atoms with Gasteiger partial charge in [-0.3, -0.25) is 4.84 Å². The van der Waals surface area contributed by atoms with E-state index in [-0.39, 0.29) is 23.5 Å². The van der Waals surface area contributed by atoms with Crippen molar-refractivity contribution in [3.05, 3.63) is 0 Å². The number of hydrogen-bond donors (Lipinski definition) is 4. The number of thioether (sulfide) groups is 1. The molecule has 0 aromatic heterocycles. The quantitative estimate of drug-likeness (QED) is 0.295. The van der Waals surface area contributed by atoms with Crippen LogP contribution in [0.5, 0.6) is 0 Å². The van der Waals surface area contributed by atoms with E-state index in [1.165, 1.54) is 7.11 Å². The lowest BCUT2D eigenvalue weighted by Gasteiger charge is -2.45. The second-order valence-corrected chi connectivity index (χ2v) is 10.8. The summed E-state index contributed by atoms with van der Waals surface area (Å²) in [5, 5.41) is 25.1. The van der Waals surface area contributed by atoms with Crippen molar-refractivity contribution in [3.63, 3.8) is 0 Å². The Morgan fingerprint density at radius 1 is 1.00 bits per heavy atom. The van der Waals surface area contributed by atoms with E-state index in [1.807, 2.05) is 20.1 Å². The first-order valence-electron chi connectivity index (χ1n) is 12.4. The van der Waals surface area contributed by atoms with Crippen molar-refractivity contribution in [2.75, 3.05) is 27.1 Å². The summed E-state index contributed by atoms with van der Waals surface area (Å²) < 4.78 is 35.1. The van der Waals surface area contributed by atoms with E-state index in [1.54, 1.807) is 18.9 Å². The Labute approximate surface area is 212 Å². The maximum absolute atomic E-state index is 11.2. The largest absolute Gasteiger partial charge is 0.392 e. The highest BCUT2D eigenvalue weighted by Crippen LogP contribution is 2.30. The molecule has 12 atom stereocenters. The van der Waals surface area contributed by atoms with Crippen LogP contribution in [0.1, 0.15) is 40.5 Å². The Bertz CT molecular complexity index is 624. The van der Waals surface area contributed by atoms with Gasteiger partial charge in [0.15, 0.2) is 18.9 Å². The van der Waals surface area contributed by atoms with Gasteiger partial charge in [-0.1, -0.05) is 13.8 Å². The van der Waals surface area contributed by atoms with Crippen LogP contribution in [-0.4, -0.2) is 116 Å². The Kier molecular flexibility index (Phi) is 11.5. The average molecular weight is 525 g/mol. The standard InChI is InChI=1S/C23H44N2O9S/c1-11(2)24-14-10-30-17(9-16(14)28-5)33-21-20(27)19(12(3)32-23(21)29-6)25-34-18-8-15(26)22(35-7)13(4)31-18/h11-27H,8-10H2,1-7H3/t12-,13-,14+,15+,16+,17+,18+,19-,20+,21-,22-,23+/m1/s1. The minimum absolute atomic E-state index is 0.0145. The average Bonchev–Trinajstić information content (AvgIpc) is 2.80. The van der Waals surface area contributed by atoms with Gasteiger partial charge in [-0.2, -0.15) is 17.2 Å². The molecule has 0 spiro atoms. The van der Waals surface area contributed by atoms with Crippen LogP contribution in [0.25, 0.3) is 0 Å². The Morgan fingerprint density at radius 3 is 2.34 bits per heavy atom. The molecule has 0 bridgehead atoms. The molecule has 3 fully saturated rings. The first-order chi connectivity index (χ1) is 16.7. The van der Waals surface area contributed by atoms with Gasteiger partial charge in [0.1, 0.15) is 12.2 Å². The highest BCUT2D eigenvalue weighted by Gasteiger charge is 2.47. The van der Waals surface area contributed by atoms with E-state index < -0.39 is 49.3 Å². The molecule has 0 aliphatic carbocycles. The molecule has 3 aliphatic heterocycles. The highest BCUT2D eigenvalue weighted by molar-refractivity contribution is 7.99. The summed E-state index contributed by atoms with van der Waals surface area (Å²) in [5.41, 5.74) is 2.90. The molecule has 0 aromatic carbocycles. The Balaban J connectivity index is 1.59. The fraction of sp³-hybridized carbons (Fsp3) is 1.00. The van der Waals surface area contributed by atoms with Crippen LogP contribution in [0.4, 0.5) is 0 Å². The SMILES string of the molecule is CO[C@H]1O[C@H](C)[C@@H](NO[C@H]2C[C@H](O)[C@H](SC)[C@@H](C)O2)[C@H](O)[C@H]1O[C@H]1C[C@H](OC)[C@@H](NC(C)C)CO1. The first kappa shape index (κ1) is 29.5. The van der Waals surface area contributed by atoms with Crippen molar-refractivity contribution in [1.82, 2.24) is 10.8 Å². The second-order valence-electron chi connectivity index (χ2n) is 9.77. The molecular weight excluding hydrogens is 480 g/mol. The van der Waals surface area contributed by atoms with Gasteiger partial charge in [0.2, 0.25) is 0 Å². The predicted octanol–water partition coefficient (Wildman–Crippen LogP) is 0.369. The lowest BCUT2D eigenvalue weighted by Crippen LogP contribution is -2.64. The number of hydroxylamine groups is 1. The van der Waals surface area contributed by atoms with Crippen LogP contribution in [0, 0.1) is 0 Å². The third kappa shape index (κ3) is 7.49. The Hall–Kier alpha value is -0.0900. The molecule has 3 rings (SSSR count). The number of aliphatic hydroxyl groups excluding tert-OH is 2. The van der Waals surface area contributed by atoms with Crippen molar-refractivity contribution in [3.8, 4) is 0 Å². The van der Waals surface area contributed by atoms with Crippen molar-refractivity contribution < 1.29 is 43.5 Å². The van der Waals surface area contributed by atoms with E-state index in [0.717, 1.165) is 0 Å². The highest BCUT2D eigenvalue weighted by atomic mass is 32.2. The van der Waals surface area contributed by atoms with E-state index in [2.05, 4.69) is 24.6 Å².